The third kappa shape index (κ3) is 3.31. The summed E-state index contributed by atoms with van der Waals surface area (Å²) in [5.41, 5.74) is 4.18. The molecule has 0 heterocycles. The van der Waals surface area contributed by atoms with E-state index in [9.17, 15) is 19.6 Å². The van der Waals surface area contributed by atoms with Crippen LogP contribution in [0, 0.1) is 15.9 Å². The van der Waals surface area contributed by atoms with Gasteiger partial charge in [0, 0.05) is 23.9 Å². The van der Waals surface area contributed by atoms with Crippen molar-refractivity contribution in [3.63, 3.8) is 0 Å². The smallest absolute Gasteiger partial charge is 0.306 e. The molecule has 7 heteroatoms. The van der Waals surface area contributed by atoms with Gasteiger partial charge in [-0.1, -0.05) is 0 Å². The first-order chi connectivity index (χ1) is 7.76. The SMILES string of the molecule is CC(O)(CS)Cc1cc(F)c([N+](=O)[O-])cc1N. The Hall–Kier alpha value is -1.34. The lowest BCUT2D eigenvalue weighted by atomic mass is 9.97. The Balaban J connectivity index is 3.12. The molecule has 94 valence electrons. The number of hydrogen-bond donors (Lipinski definition) is 3. The summed E-state index contributed by atoms with van der Waals surface area (Å²) >= 11 is 3.95. The van der Waals surface area contributed by atoms with Crippen LogP contribution in [0.3, 0.4) is 0 Å². The molecule has 1 rings (SSSR count). The number of nitrogen functional groups attached to an aromatic ring is 1. The van der Waals surface area contributed by atoms with Crippen molar-refractivity contribution in [3.8, 4) is 0 Å². The number of nitro groups is 1. The maximum absolute atomic E-state index is 13.4. The fourth-order valence-electron chi connectivity index (χ4n) is 1.38. The lowest BCUT2D eigenvalue weighted by Crippen LogP contribution is -2.29. The number of anilines is 1. The summed E-state index contributed by atoms with van der Waals surface area (Å²) < 4.78 is 13.4. The lowest BCUT2D eigenvalue weighted by Gasteiger charge is -2.21. The van der Waals surface area contributed by atoms with E-state index in [0.717, 1.165) is 12.1 Å². The topological polar surface area (TPSA) is 89.4 Å². The molecular formula is C10H13FN2O3S. The minimum absolute atomic E-state index is 0.0806. The summed E-state index contributed by atoms with van der Waals surface area (Å²) in [6, 6.07) is 1.94. The molecule has 1 atom stereocenters. The summed E-state index contributed by atoms with van der Waals surface area (Å²) in [5.74, 6) is -0.792. The highest BCUT2D eigenvalue weighted by Gasteiger charge is 2.23. The predicted molar refractivity (Wildman–Crippen MR) is 65.6 cm³/mol. The van der Waals surface area contributed by atoms with E-state index in [1.807, 2.05) is 0 Å². The molecule has 0 saturated carbocycles. The van der Waals surface area contributed by atoms with Crippen molar-refractivity contribution in [2.75, 3.05) is 11.5 Å². The number of aliphatic hydroxyl groups is 1. The molecule has 0 radical (unpaired) electrons. The summed E-state index contributed by atoms with van der Waals surface area (Å²) in [6.45, 7) is 1.53. The predicted octanol–water partition coefficient (Wildman–Crippen LogP) is 1.54. The van der Waals surface area contributed by atoms with Crippen molar-refractivity contribution < 1.29 is 14.4 Å². The zero-order valence-corrected chi connectivity index (χ0v) is 10.1. The van der Waals surface area contributed by atoms with Gasteiger partial charge in [-0.2, -0.15) is 17.0 Å². The molecule has 5 nitrogen and oxygen atoms in total. The van der Waals surface area contributed by atoms with E-state index in [1.54, 1.807) is 0 Å². The average molecular weight is 260 g/mol. The molecule has 1 aromatic carbocycles. The van der Waals surface area contributed by atoms with Gasteiger partial charge in [0.2, 0.25) is 5.82 Å². The van der Waals surface area contributed by atoms with Gasteiger partial charge in [0.25, 0.3) is 0 Å². The standard InChI is InChI=1S/C10H13FN2O3S/c1-10(14,5-17)4-6-2-7(11)9(13(15)16)3-8(6)12/h2-3,14,17H,4-5,12H2,1H3. The first kappa shape index (κ1) is 13.7. The van der Waals surface area contributed by atoms with Gasteiger partial charge in [-0.25, -0.2) is 0 Å². The molecule has 0 aliphatic heterocycles. The number of benzene rings is 1. The average Bonchev–Trinajstić information content (AvgIpc) is 2.22. The van der Waals surface area contributed by atoms with Gasteiger partial charge >= 0.3 is 5.69 Å². The fourth-order valence-corrected chi connectivity index (χ4v) is 1.49. The van der Waals surface area contributed by atoms with Gasteiger partial charge in [-0.05, 0) is 18.6 Å². The van der Waals surface area contributed by atoms with E-state index in [-0.39, 0.29) is 17.9 Å². The van der Waals surface area contributed by atoms with E-state index in [4.69, 9.17) is 5.73 Å². The highest BCUT2D eigenvalue weighted by Crippen LogP contribution is 2.27. The monoisotopic (exact) mass is 260 g/mol. The van der Waals surface area contributed by atoms with Crippen LogP contribution in [0.4, 0.5) is 15.8 Å². The molecule has 3 N–H and O–H groups in total. The molecule has 0 saturated heterocycles. The van der Waals surface area contributed by atoms with Crippen molar-refractivity contribution in [2.24, 2.45) is 0 Å². The van der Waals surface area contributed by atoms with E-state index < -0.39 is 22.0 Å². The Morgan fingerprint density at radius 1 is 1.65 bits per heavy atom. The maximum atomic E-state index is 13.4. The first-order valence-corrected chi connectivity index (χ1v) is 5.45. The van der Waals surface area contributed by atoms with Crippen LogP contribution in [0.1, 0.15) is 12.5 Å². The molecular weight excluding hydrogens is 247 g/mol. The van der Waals surface area contributed by atoms with Crippen LogP contribution in [0.15, 0.2) is 12.1 Å². The van der Waals surface area contributed by atoms with Gasteiger partial charge in [-0.15, -0.1) is 0 Å². The summed E-state index contributed by atoms with van der Waals surface area (Å²) in [4.78, 5) is 9.63. The number of hydrogen-bond acceptors (Lipinski definition) is 5. The quantitative estimate of drug-likeness (QED) is 0.331. The highest BCUT2D eigenvalue weighted by atomic mass is 32.1. The van der Waals surface area contributed by atoms with Crippen molar-refractivity contribution in [2.45, 2.75) is 18.9 Å². The highest BCUT2D eigenvalue weighted by molar-refractivity contribution is 7.80. The molecule has 1 unspecified atom stereocenters. The molecule has 17 heavy (non-hydrogen) atoms. The zero-order valence-electron chi connectivity index (χ0n) is 9.18. The largest absolute Gasteiger partial charge is 0.398 e. The molecule has 0 aromatic heterocycles. The second kappa shape index (κ2) is 4.89. The van der Waals surface area contributed by atoms with Crippen LogP contribution in [-0.2, 0) is 6.42 Å². The minimum Gasteiger partial charge on any atom is -0.398 e. The van der Waals surface area contributed by atoms with Crippen LogP contribution in [0.2, 0.25) is 0 Å². The minimum atomic E-state index is -1.14. The number of rotatable bonds is 4. The Morgan fingerprint density at radius 2 is 2.24 bits per heavy atom. The zero-order chi connectivity index (χ0) is 13.2. The van der Waals surface area contributed by atoms with Crippen molar-refractivity contribution >= 4 is 24.0 Å². The van der Waals surface area contributed by atoms with Crippen LogP contribution in [0.25, 0.3) is 0 Å². The Kier molecular flexibility index (Phi) is 3.94. The molecule has 0 aliphatic rings. The second-order valence-corrected chi connectivity index (χ2v) is 4.41. The first-order valence-electron chi connectivity index (χ1n) is 4.82. The number of halogens is 1. The number of nitrogens with two attached hydrogens (primary N) is 1. The molecule has 0 bridgehead atoms. The van der Waals surface area contributed by atoms with Gasteiger partial charge in [0.1, 0.15) is 0 Å². The van der Waals surface area contributed by atoms with Crippen LogP contribution in [0.5, 0.6) is 0 Å². The van der Waals surface area contributed by atoms with Crippen molar-refractivity contribution in [1.82, 2.24) is 0 Å². The molecule has 0 spiro atoms. The third-order valence-electron chi connectivity index (χ3n) is 2.32. The van der Waals surface area contributed by atoms with Gasteiger partial charge in [-0.3, -0.25) is 10.1 Å². The van der Waals surface area contributed by atoms with E-state index in [2.05, 4.69) is 12.6 Å². The normalized spacial score (nSPS) is 14.4. The van der Waals surface area contributed by atoms with Crippen LogP contribution in [-0.4, -0.2) is 21.4 Å². The van der Waals surface area contributed by atoms with E-state index >= 15 is 0 Å². The maximum Gasteiger partial charge on any atom is 0.306 e. The molecule has 0 fully saturated rings. The fraction of sp³-hybridized carbons (Fsp3) is 0.400. The van der Waals surface area contributed by atoms with Crippen LogP contribution < -0.4 is 5.73 Å². The lowest BCUT2D eigenvalue weighted by molar-refractivity contribution is -0.387. The second-order valence-electron chi connectivity index (χ2n) is 4.09. The van der Waals surface area contributed by atoms with Crippen molar-refractivity contribution in [3.05, 3.63) is 33.6 Å². The number of thiol groups is 1. The summed E-state index contributed by atoms with van der Waals surface area (Å²) in [5, 5.41) is 20.3. The third-order valence-corrected chi connectivity index (χ3v) is 3.00. The number of nitro benzene ring substituents is 1. The summed E-state index contributed by atoms with van der Waals surface area (Å²) in [6.07, 6.45) is 0.0806. The summed E-state index contributed by atoms with van der Waals surface area (Å²) in [7, 11) is 0. The van der Waals surface area contributed by atoms with E-state index in [0.29, 0.717) is 5.56 Å². The Labute approximate surface area is 103 Å². The molecule has 0 amide bonds. The Morgan fingerprint density at radius 3 is 2.71 bits per heavy atom. The van der Waals surface area contributed by atoms with Gasteiger partial charge < -0.3 is 10.8 Å². The number of nitrogens with zero attached hydrogens (tertiary/aromatic N) is 1. The van der Waals surface area contributed by atoms with Crippen molar-refractivity contribution in [1.29, 1.82) is 0 Å². The Bertz CT molecular complexity index is 451. The van der Waals surface area contributed by atoms with Gasteiger partial charge in [0.05, 0.1) is 10.5 Å². The molecule has 1 aromatic rings. The van der Waals surface area contributed by atoms with Crippen LogP contribution >= 0.6 is 12.6 Å². The van der Waals surface area contributed by atoms with E-state index in [1.165, 1.54) is 6.92 Å². The molecule has 0 aliphatic carbocycles. The van der Waals surface area contributed by atoms with Gasteiger partial charge in [0.15, 0.2) is 0 Å².